The molecular formula is C10H6F6N4. The molecule has 0 saturated carbocycles. The van der Waals surface area contributed by atoms with Gasteiger partial charge in [-0.1, -0.05) is 0 Å². The van der Waals surface area contributed by atoms with Crippen molar-refractivity contribution in [1.82, 2.24) is 0 Å². The van der Waals surface area contributed by atoms with Crippen molar-refractivity contribution in [3.63, 3.8) is 0 Å². The van der Waals surface area contributed by atoms with Crippen LogP contribution in [0.3, 0.4) is 0 Å². The predicted molar refractivity (Wildman–Crippen MR) is 50.8 cm³/mol. The van der Waals surface area contributed by atoms with Gasteiger partial charge in [-0.15, -0.1) is 0 Å². The summed E-state index contributed by atoms with van der Waals surface area (Å²) in [5.74, 6) is 0. The number of hydrogen-bond acceptors (Lipinski definition) is 4. The van der Waals surface area contributed by atoms with E-state index in [1.165, 1.54) is 0 Å². The lowest BCUT2D eigenvalue weighted by Crippen LogP contribution is -2.30. The van der Waals surface area contributed by atoms with Crippen LogP contribution in [0.15, 0.2) is 0 Å². The van der Waals surface area contributed by atoms with Gasteiger partial charge in [0, 0.05) is 0 Å². The maximum absolute atomic E-state index is 11.8. The van der Waals surface area contributed by atoms with Crippen molar-refractivity contribution in [2.75, 3.05) is 0 Å². The fourth-order valence-corrected chi connectivity index (χ4v) is 0.965. The topological polar surface area (TPSA) is 95.2 Å². The Bertz CT molecular complexity index is 421. The van der Waals surface area contributed by atoms with Crippen molar-refractivity contribution in [3.8, 4) is 24.3 Å². The van der Waals surface area contributed by atoms with Crippen LogP contribution in [-0.2, 0) is 0 Å². The normalized spacial score (nSPS) is 10.9. The predicted octanol–water partition coefficient (Wildman–Crippen LogP) is 3.35. The molecule has 20 heavy (non-hydrogen) atoms. The van der Waals surface area contributed by atoms with E-state index in [9.17, 15) is 26.3 Å². The van der Waals surface area contributed by atoms with Crippen LogP contribution in [0, 0.1) is 50.7 Å². The standard InChI is InChI=1S/C7H4F6N2.C3H2N2/c8-6(9,10)1-5(3-14,4-15)2-7(11,12)13;4-2-1-3-5/h1-2H2;1H2. The molecule has 0 radical (unpaired) electrons. The third kappa shape index (κ3) is 10.7. The third-order valence-corrected chi connectivity index (χ3v) is 1.59. The van der Waals surface area contributed by atoms with Crippen molar-refractivity contribution in [1.29, 1.82) is 21.0 Å². The third-order valence-electron chi connectivity index (χ3n) is 1.59. The van der Waals surface area contributed by atoms with Crippen LogP contribution in [0.25, 0.3) is 0 Å². The zero-order chi connectivity index (χ0) is 16.4. The Balaban J connectivity index is 0. The van der Waals surface area contributed by atoms with Gasteiger partial charge < -0.3 is 0 Å². The molecule has 108 valence electrons. The summed E-state index contributed by atoms with van der Waals surface area (Å²) >= 11 is 0. The van der Waals surface area contributed by atoms with Gasteiger partial charge in [-0.2, -0.15) is 47.4 Å². The van der Waals surface area contributed by atoms with Gasteiger partial charge in [0.25, 0.3) is 0 Å². The number of nitriles is 4. The van der Waals surface area contributed by atoms with Gasteiger partial charge in [0.15, 0.2) is 5.41 Å². The van der Waals surface area contributed by atoms with E-state index in [1.54, 1.807) is 12.1 Å². The second-order valence-electron chi connectivity index (χ2n) is 3.38. The molecule has 0 aliphatic carbocycles. The first-order chi connectivity index (χ1) is 8.95. The van der Waals surface area contributed by atoms with Gasteiger partial charge in [-0.3, -0.25) is 0 Å². The van der Waals surface area contributed by atoms with Gasteiger partial charge in [0.1, 0.15) is 6.42 Å². The molecular weight excluding hydrogens is 290 g/mol. The van der Waals surface area contributed by atoms with Crippen LogP contribution in [0.2, 0.25) is 0 Å². The highest BCUT2D eigenvalue weighted by Gasteiger charge is 2.50. The molecule has 0 fully saturated rings. The van der Waals surface area contributed by atoms with Crippen LogP contribution in [-0.4, -0.2) is 12.4 Å². The van der Waals surface area contributed by atoms with Gasteiger partial charge in [-0.05, 0) is 0 Å². The zero-order valence-corrected chi connectivity index (χ0v) is 9.68. The van der Waals surface area contributed by atoms with Crippen LogP contribution in [0.5, 0.6) is 0 Å². The first-order valence-corrected chi connectivity index (χ1v) is 4.65. The summed E-state index contributed by atoms with van der Waals surface area (Å²) in [7, 11) is 0. The minimum Gasteiger partial charge on any atom is -0.197 e. The molecule has 0 aliphatic rings. The number of alkyl halides is 6. The lowest BCUT2D eigenvalue weighted by molar-refractivity contribution is -0.176. The van der Waals surface area contributed by atoms with E-state index in [0.29, 0.717) is 0 Å². The Hall–Kier alpha value is -2.46. The molecule has 0 aromatic carbocycles. The largest absolute Gasteiger partial charge is 0.391 e. The number of rotatable bonds is 2. The highest BCUT2D eigenvalue weighted by Crippen LogP contribution is 2.40. The fraction of sp³-hybridized carbons (Fsp3) is 0.600. The monoisotopic (exact) mass is 296 g/mol. The Morgan fingerprint density at radius 2 is 0.950 bits per heavy atom. The van der Waals surface area contributed by atoms with Crippen LogP contribution in [0.1, 0.15) is 19.3 Å². The zero-order valence-electron chi connectivity index (χ0n) is 9.68. The van der Waals surface area contributed by atoms with E-state index < -0.39 is 30.6 Å². The molecule has 0 spiro atoms. The average Bonchev–Trinajstić information content (AvgIpc) is 2.26. The van der Waals surface area contributed by atoms with Crippen molar-refractivity contribution in [2.45, 2.75) is 31.6 Å². The van der Waals surface area contributed by atoms with E-state index >= 15 is 0 Å². The highest BCUT2D eigenvalue weighted by molar-refractivity contribution is 5.15. The maximum atomic E-state index is 11.8. The van der Waals surface area contributed by atoms with E-state index in [-0.39, 0.29) is 6.42 Å². The SMILES string of the molecule is N#CC(C#N)(CC(F)(F)F)CC(F)(F)F.N#CCC#N. The lowest BCUT2D eigenvalue weighted by atomic mass is 9.84. The minimum absolute atomic E-state index is 0. The summed E-state index contributed by atoms with van der Waals surface area (Å²) < 4.78 is 71.0. The van der Waals surface area contributed by atoms with Crippen molar-refractivity contribution < 1.29 is 26.3 Å². The van der Waals surface area contributed by atoms with E-state index in [4.69, 9.17) is 21.0 Å². The molecule has 0 atom stereocenters. The highest BCUT2D eigenvalue weighted by atomic mass is 19.4. The summed E-state index contributed by atoms with van der Waals surface area (Å²) in [6.07, 6.45) is -14.2. The second kappa shape index (κ2) is 7.86. The molecule has 0 rings (SSSR count). The Morgan fingerprint density at radius 3 is 1.05 bits per heavy atom. The van der Waals surface area contributed by atoms with Gasteiger partial charge in [0.05, 0.1) is 37.1 Å². The van der Waals surface area contributed by atoms with Crippen LogP contribution < -0.4 is 0 Å². The Labute approximate surface area is 110 Å². The number of halogens is 6. The molecule has 0 amide bonds. The van der Waals surface area contributed by atoms with E-state index in [1.807, 2.05) is 0 Å². The molecule has 4 nitrogen and oxygen atoms in total. The molecule has 0 heterocycles. The maximum Gasteiger partial charge on any atom is 0.391 e. The molecule has 0 unspecified atom stereocenters. The number of hydrogen-bond donors (Lipinski definition) is 0. The number of nitrogens with zero attached hydrogens (tertiary/aromatic N) is 4. The van der Waals surface area contributed by atoms with Crippen LogP contribution in [0.4, 0.5) is 26.3 Å². The summed E-state index contributed by atoms with van der Waals surface area (Å²) in [6, 6.07) is 4.87. The first kappa shape index (κ1) is 19.9. The summed E-state index contributed by atoms with van der Waals surface area (Å²) in [5, 5.41) is 31.6. The Morgan fingerprint density at radius 1 is 0.650 bits per heavy atom. The van der Waals surface area contributed by atoms with Crippen LogP contribution >= 0.6 is 0 Å². The van der Waals surface area contributed by atoms with Gasteiger partial charge >= 0.3 is 12.4 Å². The smallest absolute Gasteiger partial charge is 0.197 e. The fourth-order valence-electron chi connectivity index (χ4n) is 0.965. The van der Waals surface area contributed by atoms with Crippen molar-refractivity contribution in [2.24, 2.45) is 5.41 Å². The summed E-state index contributed by atoms with van der Waals surface area (Å²) in [5.41, 5.74) is -3.09. The molecule has 10 heteroatoms. The molecule has 0 aliphatic heterocycles. The summed E-state index contributed by atoms with van der Waals surface area (Å²) in [4.78, 5) is 0. The van der Waals surface area contributed by atoms with E-state index in [0.717, 1.165) is 12.1 Å². The van der Waals surface area contributed by atoms with Crippen molar-refractivity contribution in [3.05, 3.63) is 0 Å². The minimum atomic E-state index is -4.99. The average molecular weight is 296 g/mol. The molecule has 0 bridgehead atoms. The Kier molecular flexibility index (Phi) is 7.81. The molecule has 0 aromatic rings. The quantitative estimate of drug-likeness (QED) is 0.730. The van der Waals surface area contributed by atoms with Gasteiger partial charge in [0.2, 0.25) is 0 Å². The van der Waals surface area contributed by atoms with Crippen molar-refractivity contribution >= 4 is 0 Å². The first-order valence-electron chi connectivity index (χ1n) is 4.65. The summed E-state index contributed by atoms with van der Waals surface area (Å²) in [6.45, 7) is 0. The van der Waals surface area contributed by atoms with Gasteiger partial charge in [-0.25, -0.2) is 0 Å². The molecule has 0 N–H and O–H groups in total. The van der Waals surface area contributed by atoms with E-state index in [2.05, 4.69) is 0 Å². The lowest BCUT2D eigenvalue weighted by Gasteiger charge is -2.21. The second-order valence-corrected chi connectivity index (χ2v) is 3.38. The molecule has 0 aromatic heterocycles. The molecule has 0 saturated heterocycles.